The van der Waals surface area contributed by atoms with Gasteiger partial charge < -0.3 is 14.8 Å². The lowest BCUT2D eigenvalue weighted by Crippen LogP contribution is -2.39. The van der Waals surface area contributed by atoms with Crippen molar-refractivity contribution in [2.24, 2.45) is 0 Å². The van der Waals surface area contributed by atoms with Crippen LogP contribution in [0.15, 0.2) is 42.5 Å². The fraction of sp³-hybridized carbons (Fsp3) is 0.381. The molecule has 1 amide bonds. The van der Waals surface area contributed by atoms with Crippen LogP contribution in [0.2, 0.25) is 0 Å². The molecule has 1 heterocycles. The average Bonchev–Trinajstić information content (AvgIpc) is 2.67. The number of hydrogen-bond donors (Lipinski definition) is 1. The van der Waals surface area contributed by atoms with E-state index in [9.17, 15) is 4.79 Å². The molecule has 0 saturated carbocycles. The second kappa shape index (κ2) is 8.23. The molecule has 26 heavy (non-hydrogen) atoms. The number of carbonyl (C=O) groups is 1. The molecule has 1 N–H and O–H groups in total. The third-order valence-electron chi connectivity index (χ3n) is 4.71. The van der Waals surface area contributed by atoms with Crippen molar-refractivity contribution in [3.8, 4) is 11.5 Å². The molecule has 1 atom stereocenters. The molecule has 2 aromatic carbocycles. The molecule has 1 aliphatic heterocycles. The molecule has 0 saturated heterocycles. The second-order valence-corrected chi connectivity index (χ2v) is 6.61. The number of nitrogens with one attached hydrogen (secondary N) is 1. The standard InChI is InChI=1S/C21H26N2O3/c1-4-16-5-7-17(8-6-16)14-23(3)15(2)21(24)22-18-9-10-19-20(13-18)26-12-11-25-19/h5-10,13,15H,4,11-12,14H2,1-3H3,(H,22,24). The minimum Gasteiger partial charge on any atom is -0.486 e. The zero-order valence-corrected chi connectivity index (χ0v) is 15.6. The monoisotopic (exact) mass is 354 g/mol. The molecule has 0 fully saturated rings. The van der Waals surface area contributed by atoms with E-state index in [4.69, 9.17) is 9.47 Å². The van der Waals surface area contributed by atoms with E-state index in [1.165, 1.54) is 11.1 Å². The number of aryl methyl sites for hydroxylation is 1. The van der Waals surface area contributed by atoms with Gasteiger partial charge in [0.2, 0.25) is 5.91 Å². The quantitative estimate of drug-likeness (QED) is 0.863. The number of amides is 1. The van der Waals surface area contributed by atoms with Crippen LogP contribution in [0.25, 0.3) is 0 Å². The summed E-state index contributed by atoms with van der Waals surface area (Å²) in [6, 6.07) is 13.8. The summed E-state index contributed by atoms with van der Waals surface area (Å²) in [4.78, 5) is 14.6. The summed E-state index contributed by atoms with van der Waals surface area (Å²) in [5, 5.41) is 2.96. The highest BCUT2D eigenvalue weighted by Crippen LogP contribution is 2.32. The lowest BCUT2D eigenvalue weighted by Gasteiger charge is -2.24. The van der Waals surface area contributed by atoms with Crippen LogP contribution >= 0.6 is 0 Å². The zero-order valence-electron chi connectivity index (χ0n) is 15.6. The van der Waals surface area contributed by atoms with Crippen molar-refractivity contribution in [3.05, 3.63) is 53.6 Å². The molecule has 5 heteroatoms. The number of likely N-dealkylation sites (N-methyl/N-ethyl adjacent to an activating group) is 1. The summed E-state index contributed by atoms with van der Waals surface area (Å²) in [5.74, 6) is 1.34. The van der Waals surface area contributed by atoms with Gasteiger partial charge in [-0.15, -0.1) is 0 Å². The first-order chi connectivity index (χ1) is 12.6. The number of anilines is 1. The van der Waals surface area contributed by atoms with Crippen molar-refractivity contribution in [2.75, 3.05) is 25.6 Å². The van der Waals surface area contributed by atoms with Crippen molar-refractivity contribution < 1.29 is 14.3 Å². The third-order valence-corrected chi connectivity index (χ3v) is 4.71. The Morgan fingerprint density at radius 1 is 1.08 bits per heavy atom. The van der Waals surface area contributed by atoms with Crippen molar-refractivity contribution in [1.82, 2.24) is 4.90 Å². The fourth-order valence-electron chi connectivity index (χ4n) is 2.87. The molecule has 1 unspecified atom stereocenters. The molecule has 0 spiro atoms. The van der Waals surface area contributed by atoms with Gasteiger partial charge in [0.25, 0.3) is 0 Å². The Labute approximate surface area is 154 Å². The number of rotatable bonds is 6. The molecule has 1 aliphatic rings. The third kappa shape index (κ3) is 4.35. The van der Waals surface area contributed by atoms with Gasteiger partial charge in [-0.1, -0.05) is 31.2 Å². The van der Waals surface area contributed by atoms with Crippen LogP contribution in [0.4, 0.5) is 5.69 Å². The summed E-state index contributed by atoms with van der Waals surface area (Å²) < 4.78 is 11.1. The zero-order chi connectivity index (χ0) is 18.5. The Morgan fingerprint density at radius 2 is 1.73 bits per heavy atom. The summed E-state index contributed by atoms with van der Waals surface area (Å²) in [6.45, 7) is 5.86. The summed E-state index contributed by atoms with van der Waals surface area (Å²) in [7, 11) is 1.96. The van der Waals surface area contributed by atoms with Crippen LogP contribution in [0.1, 0.15) is 25.0 Å². The van der Waals surface area contributed by atoms with E-state index in [-0.39, 0.29) is 11.9 Å². The Morgan fingerprint density at radius 3 is 2.42 bits per heavy atom. The predicted molar refractivity (Wildman–Crippen MR) is 103 cm³/mol. The number of hydrogen-bond acceptors (Lipinski definition) is 4. The molecule has 138 valence electrons. The maximum Gasteiger partial charge on any atom is 0.241 e. The number of ether oxygens (including phenoxy) is 2. The van der Waals surface area contributed by atoms with Gasteiger partial charge in [0, 0.05) is 18.3 Å². The molecule has 0 aliphatic carbocycles. The van der Waals surface area contributed by atoms with Gasteiger partial charge in [0.05, 0.1) is 6.04 Å². The smallest absolute Gasteiger partial charge is 0.241 e. The van der Waals surface area contributed by atoms with Gasteiger partial charge in [0.15, 0.2) is 11.5 Å². The molecular weight excluding hydrogens is 328 g/mol. The first kappa shape index (κ1) is 18.3. The van der Waals surface area contributed by atoms with Gasteiger partial charge in [-0.2, -0.15) is 0 Å². The van der Waals surface area contributed by atoms with Gasteiger partial charge in [-0.25, -0.2) is 0 Å². The molecule has 2 aromatic rings. The topological polar surface area (TPSA) is 50.8 Å². The second-order valence-electron chi connectivity index (χ2n) is 6.61. The number of carbonyl (C=O) groups excluding carboxylic acids is 1. The van der Waals surface area contributed by atoms with E-state index >= 15 is 0 Å². The first-order valence-corrected chi connectivity index (χ1v) is 9.05. The summed E-state index contributed by atoms with van der Waals surface area (Å²) in [6.07, 6.45) is 1.03. The maximum atomic E-state index is 12.6. The number of fused-ring (bicyclic) bond motifs is 1. The van der Waals surface area contributed by atoms with Crippen LogP contribution < -0.4 is 14.8 Å². The van der Waals surface area contributed by atoms with Crippen molar-refractivity contribution in [3.63, 3.8) is 0 Å². The van der Waals surface area contributed by atoms with E-state index in [1.807, 2.05) is 37.1 Å². The van der Waals surface area contributed by atoms with E-state index in [2.05, 4.69) is 36.5 Å². The molecular formula is C21H26N2O3. The van der Waals surface area contributed by atoms with E-state index in [0.717, 1.165) is 18.7 Å². The van der Waals surface area contributed by atoms with Crippen LogP contribution in [0.5, 0.6) is 11.5 Å². The molecule has 5 nitrogen and oxygen atoms in total. The summed E-state index contributed by atoms with van der Waals surface area (Å²) in [5.41, 5.74) is 3.23. The van der Waals surface area contributed by atoms with Crippen LogP contribution in [-0.4, -0.2) is 37.1 Å². The predicted octanol–water partition coefficient (Wildman–Crippen LogP) is 3.48. The Hall–Kier alpha value is -2.53. The average molecular weight is 354 g/mol. The summed E-state index contributed by atoms with van der Waals surface area (Å²) >= 11 is 0. The van der Waals surface area contributed by atoms with Crippen molar-refractivity contribution in [1.29, 1.82) is 0 Å². The van der Waals surface area contributed by atoms with Crippen molar-refractivity contribution in [2.45, 2.75) is 32.9 Å². The number of nitrogens with zero attached hydrogens (tertiary/aromatic N) is 1. The molecule has 0 radical (unpaired) electrons. The molecule has 0 bridgehead atoms. The Balaban J connectivity index is 1.59. The number of benzene rings is 2. The Kier molecular flexibility index (Phi) is 5.78. The molecule has 3 rings (SSSR count). The van der Waals surface area contributed by atoms with Crippen molar-refractivity contribution >= 4 is 11.6 Å². The van der Waals surface area contributed by atoms with E-state index in [0.29, 0.717) is 24.7 Å². The van der Waals surface area contributed by atoms with E-state index < -0.39 is 0 Å². The SMILES string of the molecule is CCc1ccc(CN(C)C(C)C(=O)Nc2ccc3c(c2)OCCO3)cc1. The fourth-order valence-corrected chi connectivity index (χ4v) is 2.87. The normalized spacial score (nSPS) is 14.2. The lowest BCUT2D eigenvalue weighted by atomic mass is 10.1. The highest BCUT2D eigenvalue weighted by molar-refractivity contribution is 5.94. The van der Waals surface area contributed by atoms with Crippen LogP contribution in [-0.2, 0) is 17.8 Å². The first-order valence-electron chi connectivity index (χ1n) is 9.05. The minimum absolute atomic E-state index is 0.0469. The van der Waals surface area contributed by atoms with Gasteiger partial charge in [0.1, 0.15) is 13.2 Å². The highest BCUT2D eigenvalue weighted by atomic mass is 16.6. The maximum absolute atomic E-state index is 12.6. The molecule has 0 aromatic heterocycles. The minimum atomic E-state index is -0.256. The van der Waals surface area contributed by atoms with Crippen LogP contribution in [0.3, 0.4) is 0 Å². The largest absolute Gasteiger partial charge is 0.486 e. The van der Waals surface area contributed by atoms with Gasteiger partial charge in [-0.05, 0) is 43.7 Å². The highest BCUT2D eigenvalue weighted by Gasteiger charge is 2.19. The van der Waals surface area contributed by atoms with Crippen LogP contribution in [0, 0.1) is 0 Å². The Bertz CT molecular complexity index is 758. The van der Waals surface area contributed by atoms with Gasteiger partial charge >= 0.3 is 0 Å². The lowest BCUT2D eigenvalue weighted by molar-refractivity contribution is -0.120. The van der Waals surface area contributed by atoms with Gasteiger partial charge in [-0.3, -0.25) is 9.69 Å². The van der Waals surface area contributed by atoms with E-state index in [1.54, 1.807) is 0 Å².